The molecule has 12 N–H and O–H groups in total. The first-order chi connectivity index (χ1) is 39.7. The van der Waals surface area contributed by atoms with Crippen LogP contribution in [0.2, 0.25) is 0 Å². The van der Waals surface area contributed by atoms with Crippen molar-refractivity contribution in [1.82, 2.24) is 10.6 Å². The van der Waals surface area contributed by atoms with Gasteiger partial charge in [-0.2, -0.15) is 0 Å². The van der Waals surface area contributed by atoms with E-state index in [2.05, 4.69) is 36.6 Å². The van der Waals surface area contributed by atoms with E-state index in [1.807, 2.05) is 6.08 Å². The first-order valence-electron chi connectivity index (χ1n) is 32.1. The van der Waals surface area contributed by atoms with Crippen LogP contribution in [-0.2, 0) is 38.0 Å². The predicted octanol–water partition coefficient (Wildman–Crippen LogP) is 6.08. The highest BCUT2D eigenvalue weighted by molar-refractivity contribution is 5.76. The Morgan fingerprint density at radius 3 is 1.32 bits per heavy atom. The molecular formula is C62H114N2O18. The third kappa shape index (κ3) is 28.5. The van der Waals surface area contributed by atoms with Gasteiger partial charge in [0.2, 0.25) is 11.8 Å². The van der Waals surface area contributed by atoms with Gasteiger partial charge in [-0.3, -0.25) is 9.59 Å². The smallest absolute Gasteiger partial charge is 0.220 e. The number of amides is 2. The third-order valence-electron chi connectivity index (χ3n) is 16.1. The molecule has 20 nitrogen and oxygen atoms in total. The van der Waals surface area contributed by atoms with Crippen molar-refractivity contribution in [2.45, 2.75) is 330 Å². The van der Waals surface area contributed by atoms with Gasteiger partial charge in [-0.25, -0.2) is 0 Å². The number of ether oxygens (including phenoxy) is 6. The summed E-state index contributed by atoms with van der Waals surface area (Å²) in [5.41, 5.74) is 0. The number of carbonyl (C=O) groups is 2. The molecule has 3 rings (SSSR count). The molecule has 17 atom stereocenters. The molecule has 0 spiro atoms. The highest BCUT2D eigenvalue weighted by Gasteiger charge is 2.54. The molecule has 0 aliphatic carbocycles. The van der Waals surface area contributed by atoms with Gasteiger partial charge in [0.15, 0.2) is 18.9 Å². The summed E-state index contributed by atoms with van der Waals surface area (Å²) in [6.45, 7) is 2.83. The van der Waals surface area contributed by atoms with Crippen molar-refractivity contribution in [2.75, 3.05) is 26.4 Å². The summed E-state index contributed by atoms with van der Waals surface area (Å²) in [7, 11) is 0. The Kier molecular flexibility index (Phi) is 40.7. The monoisotopic (exact) mass is 1170 g/mol. The second kappa shape index (κ2) is 45.1. The van der Waals surface area contributed by atoms with Gasteiger partial charge in [-0.05, 0) is 44.9 Å². The number of hydrogen-bond donors (Lipinski definition) is 12. The second-order valence-corrected chi connectivity index (χ2v) is 23.3. The summed E-state index contributed by atoms with van der Waals surface area (Å²) >= 11 is 0. The Labute approximate surface area is 491 Å². The van der Waals surface area contributed by atoms with Crippen LogP contribution in [0.3, 0.4) is 0 Å². The Hall–Kier alpha value is -2.22. The molecule has 20 heteroatoms. The Bertz CT molecular complexity index is 1660. The number of allylic oxidation sites excluding steroid dienone is 3. The third-order valence-corrected chi connectivity index (χ3v) is 16.1. The van der Waals surface area contributed by atoms with Crippen LogP contribution in [0.1, 0.15) is 226 Å². The minimum atomic E-state index is -1.99. The molecule has 1 unspecified atom stereocenters. The lowest BCUT2D eigenvalue weighted by atomic mass is 9.95. The normalized spacial score (nSPS) is 29.6. The number of nitrogens with one attached hydrogen (secondary N) is 2. The number of carbonyl (C=O) groups excluding carboxylic acids is 2. The Morgan fingerprint density at radius 2 is 0.866 bits per heavy atom. The van der Waals surface area contributed by atoms with E-state index in [1.165, 1.54) is 148 Å². The van der Waals surface area contributed by atoms with Crippen LogP contribution in [0.25, 0.3) is 0 Å². The first kappa shape index (κ1) is 74.0. The molecule has 0 saturated carbocycles. The summed E-state index contributed by atoms with van der Waals surface area (Å²) in [6, 6.07) is -2.41. The van der Waals surface area contributed by atoms with Crippen molar-refractivity contribution >= 4 is 11.8 Å². The van der Waals surface area contributed by atoms with Crippen molar-refractivity contribution in [3.63, 3.8) is 0 Å². The van der Waals surface area contributed by atoms with Gasteiger partial charge in [-0.1, -0.05) is 192 Å². The Balaban J connectivity index is 1.51. The van der Waals surface area contributed by atoms with Gasteiger partial charge in [0.1, 0.15) is 73.2 Å². The van der Waals surface area contributed by atoms with E-state index >= 15 is 0 Å². The second-order valence-electron chi connectivity index (χ2n) is 23.3. The average Bonchev–Trinajstić information content (AvgIpc) is 3.58. The topological polar surface area (TPSA) is 316 Å². The van der Waals surface area contributed by atoms with Crippen LogP contribution < -0.4 is 10.6 Å². The zero-order chi connectivity index (χ0) is 59.9. The summed E-state index contributed by atoms with van der Waals surface area (Å²) in [4.78, 5) is 25.3. The molecular weight excluding hydrogens is 1060 g/mol. The number of rotatable bonds is 47. The molecule has 3 aliphatic rings. The molecule has 3 heterocycles. The molecule has 0 aromatic rings. The van der Waals surface area contributed by atoms with E-state index in [0.717, 1.165) is 51.9 Å². The van der Waals surface area contributed by atoms with Gasteiger partial charge < -0.3 is 90.1 Å². The van der Waals surface area contributed by atoms with Crippen molar-refractivity contribution < 1.29 is 89.1 Å². The van der Waals surface area contributed by atoms with Crippen molar-refractivity contribution in [3.05, 3.63) is 24.3 Å². The quantitative estimate of drug-likeness (QED) is 0.0243. The lowest BCUT2D eigenvalue weighted by Gasteiger charge is -2.48. The van der Waals surface area contributed by atoms with Crippen molar-refractivity contribution in [2.24, 2.45) is 0 Å². The maximum Gasteiger partial charge on any atom is 0.220 e. The van der Waals surface area contributed by atoms with E-state index < -0.39 is 130 Å². The molecule has 82 heavy (non-hydrogen) atoms. The first-order valence-corrected chi connectivity index (χ1v) is 32.1. The lowest BCUT2D eigenvalue weighted by molar-refractivity contribution is -0.374. The largest absolute Gasteiger partial charge is 0.394 e. The average molecular weight is 1180 g/mol. The van der Waals surface area contributed by atoms with Gasteiger partial charge in [0.25, 0.3) is 0 Å². The molecule has 3 saturated heterocycles. The zero-order valence-electron chi connectivity index (χ0n) is 50.3. The van der Waals surface area contributed by atoms with Crippen molar-refractivity contribution in [3.8, 4) is 0 Å². The van der Waals surface area contributed by atoms with E-state index in [0.29, 0.717) is 6.42 Å². The van der Waals surface area contributed by atoms with E-state index in [-0.39, 0.29) is 18.9 Å². The molecule has 0 bridgehead atoms. The van der Waals surface area contributed by atoms with Crippen molar-refractivity contribution in [1.29, 1.82) is 0 Å². The maximum atomic E-state index is 13.4. The fraction of sp³-hybridized carbons (Fsp3) is 0.903. The van der Waals surface area contributed by atoms with Crippen LogP contribution in [0.4, 0.5) is 0 Å². The SMILES string of the molecule is CCCCCCCC/C=C\CCCCCCCCCCCCCC(=O)N[C@@H](CO[C@@H]1O[C@H](CO)[C@@H](O[C@@H]2O[C@H](CO)[C@H](O[C@@H]3O[C@H](CO)[C@H](O)[C@H](O)[C@H]3NC(C)=O)[C@H](O)[C@H]2O)[C@H](O)C1O)[C@H](O)/C=C/CCCCCCCCCCCCC. The van der Waals surface area contributed by atoms with Gasteiger partial charge >= 0.3 is 0 Å². The number of hydrogen-bond acceptors (Lipinski definition) is 18. The standard InChI is InChI=1S/C62H114N2O18/c1-4-6-8-10-12-14-16-18-19-20-21-22-23-24-25-27-29-31-33-35-37-39-50(70)64-45(46(69)38-36-34-32-30-28-26-17-15-13-11-9-7-5-2)43-77-61-56(75)54(73)59(48(41-66)79-61)82-62-57(76)55(74)58(49(42-67)80-62)81-60-51(63-44(3)68)53(72)52(71)47(40-65)78-60/h18-19,36,38,45-49,51-62,65-67,69,71-76H,4-17,20-35,37,39-43H2,1-3H3,(H,63,68)(H,64,70)/b19-18-,38-36+/t45-,46+,47+,48+,49+,51+,52-,53+,54+,55+,56?,57+,58-,59+,60-,61+,62-/m0/s1. The van der Waals surface area contributed by atoms with Gasteiger partial charge in [0, 0.05) is 13.3 Å². The van der Waals surface area contributed by atoms with Crippen LogP contribution in [-0.4, -0.2) is 194 Å². The summed E-state index contributed by atoms with van der Waals surface area (Å²) in [6.07, 6.45) is 20.7. The molecule has 0 aromatic heterocycles. The molecule has 3 fully saturated rings. The maximum absolute atomic E-state index is 13.4. The van der Waals surface area contributed by atoms with E-state index in [9.17, 15) is 60.7 Å². The van der Waals surface area contributed by atoms with Crippen LogP contribution in [0.5, 0.6) is 0 Å². The number of aliphatic hydroxyl groups is 10. The highest BCUT2D eigenvalue weighted by Crippen LogP contribution is 2.33. The summed E-state index contributed by atoms with van der Waals surface area (Å²) in [5, 5.41) is 114. The van der Waals surface area contributed by atoms with E-state index in [1.54, 1.807) is 6.08 Å². The fourth-order valence-corrected chi connectivity index (χ4v) is 11.0. The lowest BCUT2D eigenvalue weighted by Crippen LogP contribution is -2.68. The molecule has 3 aliphatic heterocycles. The predicted molar refractivity (Wildman–Crippen MR) is 312 cm³/mol. The highest BCUT2D eigenvalue weighted by atomic mass is 16.8. The van der Waals surface area contributed by atoms with Crippen LogP contribution in [0, 0.1) is 0 Å². The van der Waals surface area contributed by atoms with Crippen LogP contribution >= 0.6 is 0 Å². The van der Waals surface area contributed by atoms with Gasteiger partial charge in [-0.15, -0.1) is 0 Å². The van der Waals surface area contributed by atoms with Gasteiger partial charge in [0.05, 0.1) is 38.6 Å². The summed E-state index contributed by atoms with van der Waals surface area (Å²) < 4.78 is 34.9. The number of unbranched alkanes of at least 4 members (excludes halogenated alkanes) is 28. The Morgan fingerprint density at radius 1 is 0.476 bits per heavy atom. The zero-order valence-corrected chi connectivity index (χ0v) is 50.3. The van der Waals surface area contributed by atoms with Crippen LogP contribution in [0.15, 0.2) is 24.3 Å². The molecule has 2 amide bonds. The number of aliphatic hydroxyl groups excluding tert-OH is 10. The fourth-order valence-electron chi connectivity index (χ4n) is 11.0. The summed E-state index contributed by atoms with van der Waals surface area (Å²) in [5.74, 6) is -0.926. The molecule has 480 valence electrons. The van der Waals surface area contributed by atoms with E-state index in [4.69, 9.17) is 28.4 Å². The molecule has 0 radical (unpaired) electrons. The minimum Gasteiger partial charge on any atom is -0.394 e. The molecule has 0 aromatic carbocycles. The minimum absolute atomic E-state index is 0.240.